The fraction of sp³-hybridized carbons (Fsp3) is 0.500. The Bertz CT molecular complexity index is 953. The molecule has 1 aromatic carbocycles. The summed E-state index contributed by atoms with van der Waals surface area (Å²) >= 11 is 0. The van der Waals surface area contributed by atoms with Crippen LogP contribution >= 0.6 is 0 Å². The predicted octanol–water partition coefficient (Wildman–Crippen LogP) is 4.57. The molecule has 2 aliphatic rings. The first-order valence-electron chi connectivity index (χ1n) is 10.5. The summed E-state index contributed by atoms with van der Waals surface area (Å²) in [7, 11) is 0. The van der Waals surface area contributed by atoms with E-state index in [9.17, 15) is 0 Å². The highest BCUT2D eigenvalue weighted by Gasteiger charge is 2.24. The maximum Gasteiger partial charge on any atom is 0.229 e. The van der Waals surface area contributed by atoms with Crippen LogP contribution in [0.25, 0.3) is 22.7 Å². The molecule has 0 N–H and O–H groups in total. The largest absolute Gasteiger partial charge is 0.430 e. The number of piperidine rings is 2. The monoisotopic (exact) mass is 377 g/mol. The lowest BCUT2D eigenvalue weighted by atomic mass is 10.1. The molecular formula is C22H27N5O. The Balaban J connectivity index is 1.61. The summed E-state index contributed by atoms with van der Waals surface area (Å²) in [5.41, 5.74) is 3.60. The molecule has 6 nitrogen and oxygen atoms in total. The third-order valence-electron chi connectivity index (χ3n) is 5.82. The van der Waals surface area contributed by atoms with E-state index in [-0.39, 0.29) is 0 Å². The molecule has 2 aliphatic heterocycles. The van der Waals surface area contributed by atoms with E-state index in [0.717, 1.165) is 49.1 Å². The van der Waals surface area contributed by atoms with E-state index < -0.39 is 0 Å². The summed E-state index contributed by atoms with van der Waals surface area (Å²) in [5, 5.41) is 0. The van der Waals surface area contributed by atoms with Gasteiger partial charge in [0.1, 0.15) is 0 Å². The molecule has 3 aromatic rings. The first-order valence-corrected chi connectivity index (χ1v) is 10.5. The molecule has 0 aliphatic carbocycles. The molecule has 0 atom stereocenters. The maximum atomic E-state index is 6.22. The molecule has 2 aromatic heterocycles. The van der Waals surface area contributed by atoms with Crippen molar-refractivity contribution in [1.82, 2.24) is 15.0 Å². The summed E-state index contributed by atoms with van der Waals surface area (Å²) in [6.07, 6.45) is 7.38. The quantitative estimate of drug-likeness (QED) is 0.666. The second kappa shape index (κ2) is 7.41. The highest BCUT2D eigenvalue weighted by molar-refractivity contribution is 5.84. The standard InChI is InChI=1S/C22H27N5O/c1-16-8-10-17(11-9-16)21-23-19-18(28-21)20(26-12-4-2-5-13-26)25-22(24-19)27-14-6-3-7-15-27/h8-11H,2-7,12-15H2,1H3. The van der Waals surface area contributed by atoms with Crippen LogP contribution in [0.2, 0.25) is 0 Å². The summed E-state index contributed by atoms with van der Waals surface area (Å²) in [6, 6.07) is 8.28. The molecule has 2 fully saturated rings. The van der Waals surface area contributed by atoms with Crippen molar-refractivity contribution in [2.75, 3.05) is 36.0 Å². The van der Waals surface area contributed by atoms with E-state index in [1.165, 1.54) is 44.1 Å². The van der Waals surface area contributed by atoms with Gasteiger partial charge in [0.15, 0.2) is 5.82 Å². The van der Waals surface area contributed by atoms with Crippen LogP contribution < -0.4 is 9.80 Å². The molecule has 146 valence electrons. The van der Waals surface area contributed by atoms with Crippen molar-refractivity contribution >= 4 is 23.0 Å². The Hall–Kier alpha value is -2.63. The summed E-state index contributed by atoms with van der Waals surface area (Å²) < 4.78 is 6.22. The van der Waals surface area contributed by atoms with Crippen molar-refractivity contribution in [3.63, 3.8) is 0 Å². The first-order chi connectivity index (χ1) is 13.8. The fourth-order valence-electron chi connectivity index (χ4n) is 4.17. The van der Waals surface area contributed by atoms with Gasteiger partial charge in [-0.15, -0.1) is 0 Å². The van der Waals surface area contributed by atoms with Crippen LogP contribution in [0.4, 0.5) is 11.8 Å². The Kier molecular flexibility index (Phi) is 4.63. The molecule has 28 heavy (non-hydrogen) atoms. The molecule has 6 heteroatoms. The van der Waals surface area contributed by atoms with Gasteiger partial charge in [-0.25, -0.2) is 0 Å². The second-order valence-electron chi connectivity index (χ2n) is 7.98. The Morgan fingerprint density at radius 1 is 0.750 bits per heavy atom. The minimum absolute atomic E-state index is 0.623. The van der Waals surface area contributed by atoms with Gasteiger partial charge in [0.2, 0.25) is 23.1 Å². The van der Waals surface area contributed by atoms with Crippen molar-refractivity contribution in [3.8, 4) is 11.5 Å². The van der Waals surface area contributed by atoms with Crippen LogP contribution in [0.3, 0.4) is 0 Å². The Labute approximate surface area is 165 Å². The zero-order chi connectivity index (χ0) is 18.9. The van der Waals surface area contributed by atoms with E-state index in [0.29, 0.717) is 11.5 Å². The minimum Gasteiger partial charge on any atom is -0.430 e. The average molecular weight is 377 g/mol. The lowest BCUT2D eigenvalue weighted by Gasteiger charge is -2.30. The Morgan fingerprint density at radius 3 is 2.07 bits per heavy atom. The van der Waals surface area contributed by atoms with Gasteiger partial charge in [0.05, 0.1) is 0 Å². The molecule has 4 heterocycles. The van der Waals surface area contributed by atoms with E-state index in [4.69, 9.17) is 19.4 Å². The van der Waals surface area contributed by atoms with Crippen LogP contribution in [0.1, 0.15) is 44.1 Å². The van der Waals surface area contributed by atoms with Gasteiger partial charge in [-0.2, -0.15) is 15.0 Å². The third-order valence-corrected chi connectivity index (χ3v) is 5.82. The van der Waals surface area contributed by atoms with Crippen LogP contribution in [0.5, 0.6) is 0 Å². The molecule has 0 bridgehead atoms. The van der Waals surface area contributed by atoms with Crippen molar-refractivity contribution < 1.29 is 4.42 Å². The minimum atomic E-state index is 0.623. The second-order valence-corrected chi connectivity index (χ2v) is 7.98. The van der Waals surface area contributed by atoms with Crippen molar-refractivity contribution in [2.45, 2.75) is 45.4 Å². The van der Waals surface area contributed by atoms with Gasteiger partial charge < -0.3 is 14.2 Å². The summed E-state index contributed by atoms with van der Waals surface area (Å²) in [6.45, 7) is 6.17. The average Bonchev–Trinajstić information content (AvgIpc) is 3.19. The van der Waals surface area contributed by atoms with Gasteiger partial charge in [-0.1, -0.05) is 17.7 Å². The molecule has 5 rings (SSSR count). The molecule has 0 radical (unpaired) electrons. The highest BCUT2D eigenvalue weighted by atomic mass is 16.4. The number of aromatic nitrogens is 3. The van der Waals surface area contributed by atoms with Crippen LogP contribution in [0, 0.1) is 6.92 Å². The molecule has 0 amide bonds. The number of hydrogen-bond acceptors (Lipinski definition) is 6. The van der Waals surface area contributed by atoms with Crippen molar-refractivity contribution in [2.24, 2.45) is 0 Å². The number of rotatable bonds is 3. The lowest BCUT2D eigenvalue weighted by Crippen LogP contribution is -2.33. The first kappa shape index (κ1) is 17.5. The van der Waals surface area contributed by atoms with Gasteiger partial charge in [0.25, 0.3) is 0 Å². The van der Waals surface area contributed by atoms with Gasteiger partial charge in [-0.3, -0.25) is 0 Å². The number of hydrogen-bond donors (Lipinski definition) is 0. The van der Waals surface area contributed by atoms with Gasteiger partial charge in [0, 0.05) is 31.7 Å². The van der Waals surface area contributed by atoms with Gasteiger partial charge in [-0.05, 0) is 57.6 Å². The maximum absolute atomic E-state index is 6.22. The van der Waals surface area contributed by atoms with Crippen molar-refractivity contribution in [1.29, 1.82) is 0 Å². The SMILES string of the molecule is Cc1ccc(-c2nc3nc(N4CCCCC4)nc(N4CCCCC4)c3o2)cc1. The molecule has 0 saturated carbocycles. The number of nitrogens with zero attached hydrogens (tertiary/aromatic N) is 5. The molecule has 0 unspecified atom stereocenters. The Morgan fingerprint density at radius 2 is 1.39 bits per heavy atom. The molecular weight excluding hydrogens is 350 g/mol. The van der Waals surface area contributed by atoms with E-state index in [2.05, 4.69) is 41.0 Å². The van der Waals surface area contributed by atoms with E-state index in [1.807, 2.05) is 0 Å². The van der Waals surface area contributed by atoms with E-state index in [1.54, 1.807) is 0 Å². The number of fused-ring (bicyclic) bond motifs is 1. The highest BCUT2D eigenvalue weighted by Crippen LogP contribution is 2.33. The lowest BCUT2D eigenvalue weighted by molar-refractivity contribution is 0.557. The van der Waals surface area contributed by atoms with Crippen LogP contribution in [0.15, 0.2) is 28.7 Å². The number of benzene rings is 1. The van der Waals surface area contributed by atoms with E-state index >= 15 is 0 Å². The van der Waals surface area contributed by atoms with Gasteiger partial charge >= 0.3 is 0 Å². The van der Waals surface area contributed by atoms with Crippen LogP contribution in [-0.4, -0.2) is 41.1 Å². The normalized spacial score (nSPS) is 18.0. The summed E-state index contributed by atoms with van der Waals surface area (Å²) in [4.78, 5) is 19.2. The molecule has 2 saturated heterocycles. The predicted molar refractivity (Wildman–Crippen MR) is 112 cm³/mol. The zero-order valence-electron chi connectivity index (χ0n) is 16.5. The molecule has 0 spiro atoms. The summed E-state index contributed by atoms with van der Waals surface area (Å²) in [5.74, 6) is 2.34. The number of anilines is 2. The zero-order valence-corrected chi connectivity index (χ0v) is 16.5. The van der Waals surface area contributed by atoms with Crippen LogP contribution in [-0.2, 0) is 0 Å². The number of oxazole rings is 1. The van der Waals surface area contributed by atoms with Crippen molar-refractivity contribution in [3.05, 3.63) is 29.8 Å². The number of aryl methyl sites for hydroxylation is 1. The topological polar surface area (TPSA) is 58.3 Å². The smallest absolute Gasteiger partial charge is 0.229 e. The fourth-order valence-corrected chi connectivity index (χ4v) is 4.17. The third kappa shape index (κ3) is 3.32.